The first-order valence-electron chi connectivity index (χ1n) is 6.20. The molecule has 2 aromatic rings. The predicted octanol–water partition coefficient (Wildman–Crippen LogP) is 3.02. The van der Waals surface area contributed by atoms with Gasteiger partial charge in [-0.1, -0.05) is 0 Å². The van der Waals surface area contributed by atoms with Crippen molar-refractivity contribution in [3.8, 4) is 11.4 Å². The van der Waals surface area contributed by atoms with Crippen molar-refractivity contribution in [2.24, 2.45) is 5.73 Å². The molecule has 0 unspecified atom stereocenters. The summed E-state index contributed by atoms with van der Waals surface area (Å²) >= 11 is 1.69. The molecular weight excluding hydrogens is 242 g/mol. The van der Waals surface area contributed by atoms with Crippen molar-refractivity contribution in [1.82, 2.24) is 9.97 Å². The Morgan fingerprint density at radius 1 is 1.11 bits per heavy atom. The molecule has 2 aromatic heterocycles. The number of nitrogens with two attached hydrogens (primary N) is 1. The van der Waals surface area contributed by atoms with Crippen molar-refractivity contribution >= 4 is 11.3 Å². The molecular formula is C14H19N3S. The highest BCUT2D eigenvalue weighted by Gasteiger charge is 2.11. The van der Waals surface area contributed by atoms with Gasteiger partial charge in [-0.15, -0.1) is 0 Å². The fourth-order valence-corrected chi connectivity index (χ4v) is 2.92. The van der Waals surface area contributed by atoms with E-state index in [0.29, 0.717) is 6.54 Å². The smallest absolute Gasteiger partial charge is 0.160 e. The average Bonchev–Trinajstić information content (AvgIpc) is 2.74. The lowest BCUT2D eigenvalue weighted by molar-refractivity contribution is 0.806. The van der Waals surface area contributed by atoms with Gasteiger partial charge in [0.1, 0.15) is 0 Å². The Morgan fingerprint density at radius 2 is 1.78 bits per heavy atom. The maximum atomic E-state index is 5.56. The monoisotopic (exact) mass is 261 g/mol. The summed E-state index contributed by atoms with van der Waals surface area (Å²) in [5.41, 5.74) is 11.4. The van der Waals surface area contributed by atoms with Gasteiger partial charge >= 0.3 is 0 Å². The van der Waals surface area contributed by atoms with Crippen LogP contribution >= 0.6 is 11.3 Å². The highest BCUT2D eigenvalue weighted by molar-refractivity contribution is 7.08. The molecule has 4 heteroatoms. The van der Waals surface area contributed by atoms with Crippen molar-refractivity contribution in [3.05, 3.63) is 33.3 Å². The molecule has 0 aliphatic carbocycles. The van der Waals surface area contributed by atoms with E-state index in [1.165, 1.54) is 11.1 Å². The second kappa shape index (κ2) is 5.59. The lowest BCUT2D eigenvalue weighted by Crippen LogP contribution is -2.06. The van der Waals surface area contributed by atoms with Gasteiger partial charge in [0.2, 0.25) is 0 Å². The van der Waals surface area contributed by atoms with Gasteiger partial charge in [-0.25, -0.2) is 9.97 Å². The van der Waals surface area contributed by atoms with Gasteiger partial charge in [0.05, 0.1) is 0 Å². The van der Waals surface area contributed by atoms with Gasteiger partial charge in [0, 0.05) is 22.3 Å². The molecule has 0 saturated carbocycles. The topological polar surface area (TPSA) is 51.8 Å². The molecule has 0 aliphatic rings. The minimum atomic E-state index is 0.713. The third kappa shape index (κ3) is 2.60. The van der Waals surface area contributed by atoms with E-state index in [0.717, 1.165) is 35.6 Å². The van der Waals surface area contributed by atoms with Crippen LogP contribution in [0.25, 0.3) is 11.4 Å². The van der Waals surface area contributed by atoms with Crippen LogP contribution in [0.15, 0.2) is 10.8 Å². The van der Waals surface area contributed by atoms with E-state index in [1.807, 2.05) is 0 Å². The van der Waals surface area contributed by atoms with Gasteiger partial charge in [-0.05, 0) is 56.7 Å². The standard InChI is InChI=1S/C14H19N3S/c1-9-7-18-8-13(9)14-16-10(2)12(5-4-6-15)11(3)17-14/h7-8H,4-6,15H2,1-3H3. The van der Waals surface area contributed by atoms with Crippen LogP contribution in [0.1, 0.15) is 28.9 Å². The number of thiophene rings is 1. The second-order valence-corrected chi connectivity index (χ2v) is 5.30. The van der Waals surface area contributed by atoms with Crippen LogP contribution in [0.2, 0.25) is 0 Å². The normalized spacial score (nSPS) is 10.9. The van der Waals surface area contributed by atoms with E-state index in [-0.39, 0.29) is 0 Å². The quantitative estimate of drug-likeness (QED) is 0.920. The fourth-order valence-electron chi connectivity index (χ4n) is 2.09. The van der Waals surface area contributed by atoms with Crippen LogP contribution in [0, 0.1) is 20.8 Å². The van der Waals surface area contributed by atoms with Crippen molar-refractivity contribution in [1.29, 1.82) is 0 Å². The molecule has 3 nitrogen and oxygen atoms in total. The molecule has 0 aliphatic heterocycles. The van der Waals surface area contributed by atoms with Gasteiger partial charge in [0.25, 0.3) is 0 Å². The summed E-state index contributed by atoms with van der Waals surface area (Å²) in [6.45, 7) is 6.93. The number of aromatic nitrogens is 2. The highest BCUT2D eigenvalue weighted by atomic mass is 32.1. The molecule has 2 heterocycles. The van der Waals surface area contributed by atoms with Crippen LogP contribution in [-0.4, -0.2) is 16.5 Å². The number of rotatable bonds is 4. The summed E-state index contributed by atoms with van der Waals surface area (Å²) in [6, 6.07) is 0. The zero-order chi connectivity index (χ0) is 13.1. The summed E-state index contributed by atoms with van der Waals surface area (Å²) in [4.78, 5) is 9.29. The van der Waals surface area contributed by atoms with Crippen molar-refractivity contribution in [2.75, 3.05) is 6.54 Å². The molecule has 96 valence electrons. The summed E-state index contributed by atoms with van der Waals surface area (Å²) in [5.74, 6) is 0.847. The molecule has 0 radical (unpaired) electrons. The number of aryl methyl sites for hydroxylation is 3. The molecule has 0 bridgehead atoms. The highest BCUT2D eigenvalue weighted by Crippen LogP contribution is 2.25. The Balaban J connectivity index is 2.39. The minimum Gasteiger partial charge on any atom is -0.330 e. The van der Waals surface area contributed by atoms with E-state index < -0.39 is 0 Å². The van der Waals surface area contributed by atoms with Gasteiger partial charge in [0.15, 0.2) is 5.82 Å². The lowest BCUT2D eigenvalue weighted by atomic mass is 10.1. The molecule has 2 rings (SSSR count). The lowest BCUT2D eigenvalue weighted by Gasteiger charge is -2.10. The van der Waals surface area contributed by atoms with Gasteiger partial charge in [-0.3, -0.25) is 0 Å². The van der Waals surface area contributed by atoms with E-state index in [1.54, 1.807) is 11.3 Å². The first-order chi connectivity index (χ1) is 8.63. The van der Waals surface area contributed by atoms with Crippen LogP contribution in [0.4, 0.5) is 0 Å². The number of nitrogens with zero attached hydrogens (tertiary/aromatic N) is 2. The number of hydrogen-bond donors (Lipinski definition) is 1. The maximum Gasteiger partial charge on any atom is 0.160 e. The molecule has 0 amide bonds. The summed E-state index contributed by atoms with van der Waals surface area (Å²) in [5, 5.41) is 4.24. The van der Waals surface area contributed by atoms with Crippen LogP contribution < -0.4 is 5.73 Å². The van der Waals surface area contributed by atoms with E-state index in [2.05, 4.69) is 41.5 Å². The third-order valence-corrected chi connectivity index (χ3v) is 4.01. The van der Waals surface area contributed by atoms with Crippen molar-refractivity contribution < 1.29 is 0 Å². The molecule has 0 saturated heterocycles. The molecule has 2 N–H and O–H groups in total. The predicted molar refractivity (Wildman–Crippen MR) is 76.9 cm³/mol. The zero-order valence-corrected chi connectivity index (χ0v) is 12.0. The molecule has 18 heavy (non-hydrogen) atoms. The second-order valence-electron chi connectivity index (χ2n) is 4.56. The van der Waals surface area contributed by atoms with Gasteiger partial charge < -0.3 is 5.73 Å². The largest absolute Gasteiger partial charge is 0.330 e. The summed E-state index contributed by atoms with van der Waals surface area (Å²) < 4.78 is 0. The van der Waals surface area contributed by atoms with E-state index in [4.69, 9.17) is 5.73 Å². The molecule has 0 aromatic carbocycles. The summed E-state index contributed by atoms with van der Waals surface area (Å²) in [6.07, 6.45) is 1.96. The van der Waals surface area contributed by atoms with Crippen molar-refractivity contribution in [2.45, 2.75) is 33.6 Å². The zero-order valence-electron chi connectivity index (χ0n) is 11.2. The SMILES string of the molecule is Cc1cscc1-c1nc(C)c(CCCN)c(C)n1. The fraction of sp³-hybridized carbons (Fsp3) is 0.429. The Kier molecular flexibility index (Phi) is 4.09. The van der Waals surface area contributed by atoms with E-state index >= 15 is 0 Å². The van der Waals surface area contributed by atoms with Crippen LogP contribution in [0.5, 0.6) is 0 Å². The molecule has 0 spiro atoms. The minimum absolute atomic E-state index is 0.713. The molecule has 0 atom stereocenters. The van der Waals surface area contributed by atoms with E-state index in [9.17, 15) is 0 Å². The number of hydrogen-bond acceptors (Lipinski definition) is 4. The van der Waals surface area contributed by atoms with Crippen LogP contribution in [0.3, 0.4) is 0 Å². The first kappa shape index (κ1) is 13.2. The Hall–Kier alpha value is -1.26. The maximum absolute atomic E-state index is 5.56. The summed E-state index contributed by atoms with van der Waals surface area (Å²) in [7, 11) is 0. The Morgan fingerprint density at radius 3 is 2.28 bits per heavy atom. The van der Waals surface area contributed by atoms with Gasteiger partial charge in [-0.2, -0.15) is 11.3 Å². The Bertz CT molecular complexity index is 523. The Labute approximate surface area is 112 Å². The van der Waals surface area contributed by atoms with Crippen molar-refractivity contribution in [3.63, 3.8) is 0 Å². The molecule has 0 fully saturated rings. The first-order valence-corrected chi connectivity index (χ1v) is 7.15. The van der Waals surface area contributed by atoms with Crippen LogP contribution in [-0.2, 0) is 6.42 Å². The third-order valence-electron chi connectivity index (χ3n) is 3.15. The average molecular weight is 261 g/mol.